The molecule has 0 saturated carbocycles. The zero-order valence-corrected chi connectivity index (χ0v) is 69.1. The van der Waals surface area contributed by atoms with Crippen LogP contribution in [-0.4, -0.2) is 150 Å². The number of epoxide rings is 1. The summed E-state index contributed by atoms with van der Waals surface area (Å²) in [5.74, 6) is -4.26. The first-order valence-corrected chi connectivity index (χ1v) is 37.9. The quantitative estimate of drug-likeness (QED) is 0.0218. The summed E-state index contributed by atoms with van der Waals surface area (Å²) < 4.78 is 78.6. The van der Waals surface area contributed by atoms with Crippen molar-refractivity contribution in [2.75, 3.05) is 78.8 Å². The van der Waals surface area contributed by atoms with E-state index in [1.54, 1.807) is 187 Å². The van der Waals surface area contributed by atoms with Crippen LogP contribution in [0.25, 0.3) is 19.4 Å². The van der Waals surface area contributed by atoms with Crippen LogP contribution in [0.15, 0.2) is 146 Å². The Morgan fingerprint density at radius 1 is 0.407 bits per heavy atom. The lowest BCUT2D eigenvalue weighted by molar-refractivity contribution is -0.121. The summed E-state index contributed by atoms with van der Waals surface area (Å²) in [7, 11) is 0. The molecule has 4 amide bonds. The number of nitrogens with zero attached hydrogens (tertiary/aromatic N) is 12. The number of aryl methyl sites for hydroxylation is 4. The van der Waals surface area contributed by atoms with E-state index in [0.29, 0.717) is 81.5 Å². The summed E-state index contributed by atoms with van der Waals surface area (Å²) in [6.45, 7) is 49.0. The van der Waals surface area contributed by atoms with Crippen LogP contribution >= 0.6 is 48.9 Å². The highest BCUT2D eigenvalue weighted by Gasteiger charge is 2.54. The molecule has 5 saturated heterocycles. The molecule has 5 N–H and O–H groups in total. The highest BCUT2D eigenvalue weighted by molar-refractivity contribution is 7.81. The fraction of sp³-hybridized carbons (Fsp3) is 0.294. The van der Waals surface area contributed by atoms with E-state index in [0.717, 1.165) is 28.3 Å². The summed E-state index contributed by atoms with van der Waals surface area (Å²) in [6.07, 6.45) is -2.21. The van der Waals surface area contributed by atoms with Gasteiger partial charge in [-0.2, -0.15) is 0 Å². The lowest BCUT2D eigenvalue weighted by Crippen LogP contribution is -2.44. The average molecular weight is 1680 g/mol. The Morgan fingerprint density at radius 3 is 0.864 bits per heavy atom. The van der Waals surface area contributed by atoms with Crippen molar-refractivity contribution < 1.29 is 81.2 Å². The van der Waals surface area contributed by atoms with Gasteiger partial charge in [-0.3, -0.25) is 38.8 Å². The van der Waals surface area contributed by atoms with Crippen molar-refractivity contribution in [1.82, 2.24) is 0 Å². The van der Waals surface area contributed by atoms with E-state index in [1.165, 1.54) is 68.1 Å². The zero-order chi connectivity index (χ0) is 86.7. The molecule has 33 heteroatoms. The molecule has 25 nitrogen and oxygen atoms in total. The molecule has 8 aromatic carbocycles. The van der Waals surface area contributed by atoms with Crippen molar-refractivity contribution in [1.29, 1.82) is 0 Å². The molecule has 118 heavy (non-hydrogen) atoms. The van der Waals surface area contributed by atoms with E-state index < -0.39 is 76.6 Å². The molecule has 5 aliphatic rings. The van der Waals surface area contributed by atoms with Crippen LogP contribution in [0.2, 0.25) is 0 Å². The molecule has 5 fully saturated rings. The summed E-state index contributed by atoms with van der Waals surface area (Å²) >= 11 is 22.3. The van der Waals surface area contributed by atoms with Gasteiger partial charge >= 0.3 is 0 Å². The summed E-state index contributed by atoms with van der Waals surface area (Å²) in [5, 5.41) is 46.7. The average Bonchev–Trinajstić information content (AvgIpc) is 1.61. The number of phenolic OH excluding ortho intramolecular Hbond substituents is 1. The second-order valence-corrected chi connectivity index (χ2v) is 31.1. The van der Waals surface area contributed by atoms with Gasteiger partial charge in [0.1, 0.15) is 60.3 Å². The Morgan fingerprint density at radius 2 is 0.644 bits per heavy atom. The van der Waals surface area contributed by atoms with Gasteiger partial charge in [-0.25, -0.2) is 36.9 Å². The number of carbonyl (C=O) groups excluding carboxylic acids is 4. The molecular formula is C85H80F4N12O13S4. The van der Waals surface area contributed by atoms with E-state index >= 15 is 0 Å². The smallest absolute Gasteiger partial charge is 0.259 e. The largest absolute Gasteiger partial charge is 0.505 e. The number of ether oxygens (including phenoxy) is 4. The third kappa shape index (κ3) is 17.6. The zero-order valence-electron chi connectivity index (χ0n) is 65.8. The predicted octanol–water partition coefficient (Wildman–Crippen LogP) is 15.4. The van der Waals surface area contributed by atoms with E-state index in [-0.39, 0.29) is 80.6 Å². The minimum Gasteiger partial charge on any atom is -0.505 e. The van der Waals surface area contributed by atoms with Crippen LogP contribution in [-0.2, 0) is 23.9 Å². The monoisotopic (exact) mass is 1680 g/mol. The summed E-state index contributed by atoms with van der Waals surface area (Å²) in [5.41, 5.74) is 4.49. The molecule has 0 aromatic heterocycles. The van der Waals surface area contributed by atoms with Crippen LogP contribution < -0.4 is 53.4 Å². The van der Waals surface area contributed by atoms with Crippen LogP contribution in [0.1, 0.15) is 77.6 Å². The second-order valence-electron chi connectivity index (χ2n) is 29.6. The first-order valence-electron chi connectivity index (χ1n) is 36.3. The van der Waals surface area contributed by atoms with Gasteiger partial charge < -0.3 is 64.1 Å². The molecule has 0 bridgehead atoms. The van der Waals surface area contributed by atoms with Crippen LogP contribution in [0.5, 0.6) is 23.0 Å². The molecule has 0 spiro atoms. The van der Waals surface area contributed by atoms with Crippen molar-refractivity contribution >= 4 is 161 Å². The van der Waals surface area contributed by atoms with E-state index in [2.05, 4.69) is 19.4 Å². The fourth-order valence-corrected chi connectivity index (χ4v) is 15.2. The van der Waals surface area contributed by atoms with E-state index in [9.17, 15) is 52.1 Å². The highest BCUT2D eigenvalue weighted by Crippen LogP contribution is 2.45. The Labute approximate surface area is 700 Å². The Hall–Kier alpha value is -12.1. The second kappa shape index (κ2) is 35.4. The standard InChI is InChI=1S/2C22H22FN3O4S.C22H20FN3O3S.C19H16FN3O2S/c2*1-13-9-14(5-7-18(13)24-4)25-20(29)22(2,3)26(21(25)31)15-6-8-19(17(23)10-15)30-12-16(28)11-27;1-13-9-14(5-7-18(13)24-4)25-20(27)22(2,3)26(21(25)30)15-6-8-19(17(23)10-15)29-12-16-11-28-16;1-11-9-12(5-7-15(11)21-4)22-17(25)19(2,3)23(18(22)26)13-6-8-16(24)14(20)10-13/h2*5-10,16,27-28H,11-12H2,1-3H3;5-10,16H,11-12H2,1-3H3;5-10,24H,1-3H3. The topological polar surface area (TPSA) is 253 Å². The van der Waals surface area contributed by atoms with Crippen molar-refractivity contribution in [3.8, 4) is 23.0 Å². The molecule has 5 heterocycles. The van der Waals surface area contributed by atoms with Crippen LogP contribution in [0, 0.1) is 77.3 Å². The molecule has 0 radical (unpaired) electrons. The van der Waals surface area contributed by atoms with Gasteiger partial charge in [0, 0.05) is 69.8 Å². The number of aliphatic hydroxyl groups excluding tert-OH is 4. The van der Waals surface area contributed by atoms with Gasteiger partial charge in [-0.05, 0) is 251 Å². The maximum absolute atomic E-state index is 14.6. The van der Waals surface area contributed by atoms with Gasteiger partial charge in [0.05, 0.1) is 46.1 Å². The Bertz CT molecular complexity index is 5420. The Kier molecular flexibility index (Phi) is 26.5. The van der Waals surface area contributed by atoms with Crippen molar-refractivity contribution in [2.45, 2.75) is 124 Å². The van der Waals surface area contributed by atoms with E-state index in [1.807, 2.05) is 6.92 Å². The first kappa shape index (κ1) is 88.2. The maximum atomic E-state index is 14.6. The third-order valence-electron chi connectivity index (χ3n) is 19.7. The third-order valence-corrected chi connectivity index (χ3v) is 21.2. The number of rotatable bonds is 19. The fourth-order valence-electron chi connectivity index (χ4n) is 13.1. The van der Waals surface area contributed by atoms with Crippen LogP contribution in [0.3, 0.4) is 0 Å². The van der Waals surface area contributed by atoms with Gasteiger partial charge in [0.2, 0.25) is 0 Å². The molecular weight excluding hydrogens is 1600 g/mol. The minimum atomic E-state index is -1.12. The number of thiocarbonyl (C=S) groups is 4. The molecule has 8 aromatic rings. The lowest BCUT2D eigenvalue weighted by Gasteiger charge is -2.29. The summed E-state index contributed by atoms with van der Waals surface area (Å²) in [4.78, 5) is 78.4. The lowest BCUT2D eigenvalue weighted by atomic mass is 10.0. The number of aliphatic hydroxyl groups is 4. The number of hydrogen-bond acceptors (Lipinski definition) is 17. The van der Waals surface area contributed by atoms with Gasteiger partial charge in [0.25, 0.3) is 23.6 Å². The number of aromatic hydroxyl groups is 1. The molecule has 610 valence electrons. The van der Waals surface area contributed by atoms with Gasteiger partial charge in [0.15, 0.2) is 89.5 Å². The highest BCUT2D eigenvalue weighted by atomic mass is 32.1. The normalized spacial score (nSPS) is 17.2. The SMILES string of the molecule is [C-]#[N+]c1ccc(N2C(=O)C(C)(C)N(c3ccc(O)c(F)c3)C2=S)cc1C.[C-]#[N+]c1ccc(N2C(=O)C(C)(C)N(c3ccc(OCC(O)CO)c(F)c3)C2=S)cc1C.[C-]#[N+]c1ccc(N2C(=O)C(C)(C)N(c3ccc(OCC(O)CO)c(F)c3)C2=S)cc1C.[C-]#[N+]c1ccc(N2C(=O)C(C)(C)N(c3ccc(OCC4CO4)c(F)c3)C2=S)cc1C. The van der Waals surface area contributed by atoms with Crippen molar-refractivity contribution in [3.05, 3.63) is 237 Å². The molecule has 5 aliphatic heterocycles. The number of anilines is 8. The molecule has 0 aliphatic carbocycles. The van der Waals surface area contributed by atoms with Gasteiger partial charge in [-0.15, -0.1) is 0 Å². The first-order chi connectivity index (χ1) is 55.6. The van der Waals surface area contributed by atoms with Gasteiger partial charge in [-0.1, -0.05) is 24.3 Å². The Balaban J connectivity index is 0.000000166. The minimum absolute atomic E-state index is 0.0260. The maximum Gasteiger partial charge on any atom is 0.259 e. The number of hydrogen-bond donors (Lipinski definition) is 5. The predicted molar refractivity (Wildman–Crippen MR) is 456 cm³/mol. The number of halogens is 4. The van der Waals surface area contributed by atoms with E-state index in [4.69, 9.17) is 104 Å². The van der Waals surface area contributed by atoms with Crippen LogP contribution in [0.4, 0.5) is 85.8 Å². The molecule has 3 atom stereocenters. The number of amides is 4. The number of benzene rings is 8. The summed E-state index contributed by atoms with van der Waals surface area (Å²) in [6, 6.07) is 36.9. The molecule has 3 unspecified atom stereocenters. The van der Waals surface area contributed by atoms with Crippen molar-refractivity contribution in [2.24, 2.45) is 0 Å². The van der Waals surface area contributed by atoms with Crippen molar-refractivity contribution in [3.63, 3.8) is 0 Å². The molecule has 13 rings (SSSR count). The number of phenols is 1. The number of carbonyl (C=O) groups is 4.